The standard InChI is InChI=1S/C28H39N3O8S/c1-30(16-20-11-19-13-24(36-3)25(37-4)14-21(19)20)10-8-29-28(32)31-9-7-18-12-23(35-2)26(38-5)15-22(18)27(17-31)39-40(6,33)34/h12-15,20,27H,7-11,16-17H2,1-6H3,(H,29,32)/t20-,27?/m1/s1. The molecule has 1 heterocycles. The number of fused-ring (bicyclic) bond motifs is 2. The van der Waals surface area contributed by atoms with Gasteiger partial charge in [0.15, 0.2) is 23.0 Å². The van der Waals surface area contributed by atoms with Crippen LogP contribution < -0.4 is 24.3 Å². The Balaban J connectivity index is 1.35. The van der Waals surface area contributed by atoms with E-state index in [9.17, 15) is 13.2 Å². The third-order valence-electron chi connectivity index (χ3n) is 7.46. The van der Waals surface area contributed by atoms with E-state index in [0.29, 0.717) is 49.0 Å². The number of rotatable bonds is 11. The zero-order valence-corrected chi connectivity index (χ0v) is 24.8. The molecule has 0 saturated heterocycles. The SMILES string of the molecule is COc1cc2c(cc1OC)C(OS(C)(=O)=O)CN(C(=O)NCCN(C)C[C@H]1Cc3cc(OC)c(OC)cc31)CC2. The Kier molecular flexibility index (Phi) is 9.32. The second-order valence-electron chi connectivity index (χ2n) is 10.2. The van der Waals surface area contributed by atoms with Gasteiger partial charge in [0.05, 0.1) is 41.2 Å². The van der Waals surface area contributed by atoms with Crippen LogP contribution in [0, 0.1) is 0 Å². The molecule has 40 heavy (non-hydrogen) atoms. The third kappa shape index (κ3) is 6.73. The molecule has 1 aliphatic heterocycles. The van der Waals surface area contributed by atoms with Gasteiger partial charge in [-0.05, 0) is 66.4 Å². The molecule has 0 fully saturated rings. The fourth-order valence-electron chi connectivity index (χ4n) is 5.41. The summed E-state index contributed by atoms with van der Waals surface area (Å²) < 4.78 is 51.2. The molecule has 1 N–H and O–H groups in total. The first-order chi connectivity index (χ1) is 19.1. The number of likely N-dealkylation sites (N-methyl/N-ethyl adjacent to an activating group) is 1. The molecule has 1 unspecified atom stereocenters. The number of hydrogen-bond donors (Lipinski definition) is 1. The summed E-state index contributed by atoms with van der Waals surface area (Å²) in [5.41, 5.74) is 4.04. The number of ether oxygens (including phenoxy) is 4. The van der Waals surface area contributed by atoms with E-state index in [2.05, 4.69) is 16.3 Å². The Bertz CT molecular complexity index is 1330. The number of benzene rings is 2. The summed E-state index contributed by atoms with van der Waals surface area (Å²) in [6, 6.07) is 7.36. The summed E-state index contributed by atoms with van der Waals surface area (Å²) in [6.45, 7) is 2.45. The van der Waals surface area contributed by atoms with E-state index < -0.39 is 16.2 Å². The average Bonchev–Trinajstić information content (AvgIpc) is 3.08. The number of nitrogens with one attached hydrogen (secondary N) is 1. The number of hydrogen-bond acceptors (Lipinski definition) is 9. The maximum atomic E-state index is 13.1. The van der Waals surface area contributed by atoms with Gasteiger partial charge < -0.3 is 34.1 Å². The maximum Gasteiger partial charge on any atom is 0.317 e. The van der Waals surface area contributed by atoms with Crippen molar-refractivity contribution < 1.29 is 36.3 Å². The highest BCUT2D eigenvalue weighted by atomic mass is 32.2. The number of methoxy groups -OCH3 is 4. The van der Waals surface area contributed by atoms with Crippen LogP contribution in [0.25, 0.3) is 0 Å². The molecular weight excluding hydrogens is 538 g/mol. The molecule has 2 amide bonds. The van der Waals surface area contributed by atoms with Gasteiger partial charge in [-0.15, -0.1) is 0 Å². The van der Waals surface area contributed by atoms with E-state index in [1.807, 2.05) is 19.2 Å². The molecule has 1 aliphatic carbocycles. The highest BCUT2D eigenvalue weighted by Gasteiger charge is 2.31. The minimum absolute atomic E-state index is 0.0847. The van der Waals surface area contributed by atoms with Crippen molar-refractivity contribution in [1.29, 1.82) is 0 Å². The van der Waals surface area contributed by atoms with E-state index in [-0.39, 0.29) is 12.6 Å². The van der Waals surface area contributed by atoms with Crippen molar-refractivity contribution in [2.75, 3.05) is 74.5 Å². The van der Waals surface area contributed by atoms with Gasteiger partial charge >= 0.3 is 6.03 Å². The Labute approximate surface area is 236 Å². The van der Waals surface area contributed by atoms with E-state index in [4.69, 9.17) is 23.1 Å². The minimum Gasteiger partial charge on any atom is -0.493 e. The summed E-state index contributed by atoms with van der Waals surface area (Å²) >= 11 is 0. The number of amides is 2. The number of urea groups is 1. The molecule has 2 aliphatic rings. The third-order valence-corrected chi connectivity index (χ3v) is 8.04. The molecule has 0 aromatic heterocycles. The molecule has 0 saturated carbocycles. The van der Waals surface area contributed by atoms with Crippen LogP contribution in [0.1, 0.15) is 34.3 Å². The van der Waals surface area contributed by atoms with Crippen molar-refractivity contribution >= 4 is 16.1 Å². The van der Waals surface area contributed by atoms with Crippen molar-refractivity contribution in [1.82, 2.24) is 15.1 Å². The lowest BCUT2D eigenvalue weighted by atomic mass is 9.77. The van der Waals surface area contributed by atoms with Gasteiger partial charge in [-0.25, -0.2) is 4.79 Å². The molecule has 220 valence electrons. The lowest BCUT2D eigenvalue weighted by Crippen LogP contribution is -2.45. The van der Waals surface area contributed by atoms with Gasteiger partial charge in [0.2, 0.25) is 0 Å². The Morgan fingerprint density at radius 2 is 1.52 bits per heavy atom. The first-order valence-corrected chi connectivity index (χ1v) is 15.0. The van der Waals surface area contributed by atoms with Crippen LogP contribution in [0.15, 0.2) is 24.3 Å². The predicted molar refractivity (Wildman–Crippen MR) is 150 cm³/mol. The second kappa shape index (κ2) is 12.5. The van der Waals surface area contributed by atoms with Crippen LogP contribution in [0.2, 0.25) is 0 Å². The van der Waals surface area contributed by atoms with Gasteiger partial charge in [-0.1, -0.05) is 0 Å². The van der Waals surface area contributed by atoms with Crippen LogP contribution in [0.4, 0.5) is 4.79 Å². The molecule has 12 heteroatoms. The van der Waals surface area contributed by atoms with E-state index in [0.717, 1.165) is 36.3 Å². The van der Waals surface area contributed by atoms with Crippen LogP contribution in [-0.4, -0.2) is 98.7 Å². The van der Waals surface area contributed by atoms with E-state index in [1.165, 1.54) is 18.2 Å². The van der Waals surface area contributed by atoms with Crippen molar-refractivity contribution in [3.8, 4) is 23.0 Å². The van der Waals surface area contributed by atoms with Gasteiger partial charge in [0.1, 0.15) is 6.10 Å². The first-order valence-electron chi connectivity index (χ1n) is 13.2. The topological polar surface area (TPSA) is 116 Å². The molecular formula is C28H39N3O8S. The maximum absolute atomic E-state index is 13.1. The fraction of sp³-hybridized carbons (Fsp3) is 0.536. The Morgan fingerprint density at radius 1 is 0.950 bits per heavy atom. The van der Waals surface area contributed by atoms with Crippen LogP contribution in [-0.2, 0) is 27.1 Å². The second-order valence-corrected chi connectivity index (χ2v) is 11.8. The van der Waals surface area contributed by atoms with Gasteiger partial charge in [-0.3, -0.25) is 4.18 Å². The lowest BCUT2D eigenvalue weighted by molar-refractivity contribution is 0.148. The lowest BCUT2D eigenvalue weighted by Gasteiger charge is -2.34. The Hall–Kier alpha value is -3.22. The van der Waals surface area contributed by atoms with Gasteiger partial charge in [0, 0.05) is 32.1 Å². The monoisotopic (exact) mass is 577 g/mol. The van der Waals surface area contributed by atoms with Gasteiger partial charge in [0.25, 0.3) is 10.1 Å². The first kappa shape index (κ1) is 29.8. The quantitative estimate of drug-likeness (QED) is 0.402. The van der Waals surface area contributed by atoms with Crippen LogP contribution in [0.5, 0.6) is 23.0 Å². The zero-order chi connectivity index (χ0) is 29.0. The average molecular weight is 578 g/mol. The fourth-order valence-corrected chi connectivity index (χ4v) is 6.00. The largest absolute Gasteiger partial charge is 0.493 e. The van der Waals surface area contributed by atoms with Crippen molar-refractivity contribution in [2.45, 2.75) is 24.9 Å². The highest BCUT2D eigenvalue weighted by Crippen LogP contribution is 2.42. The summed E-state index contributed by atoms with van der Waals surface area (Å²) in [5.74, 6) is 2.87. The summed E-state index contributed by atoms with van der Waals surface area (Å²) in [6.07, 6.45) is 1.63. The molecule has 2 aromatic carbocycles. The van der Waals surface area contributed by atoms with E-state index in [1.54, 1.807) is 32.3 Å². The smallest absolute Gasteiger partial charge is 0.317 e. The van der Waals surface area contributed by atoms with Crippen LogP contribution in [0.3, 0.4) is 0 Å². The van der Waals surface area contributed by atoms with E-state index >= 15 is 0 Å². The molecule has 0 bridgehead atoms. The molecule has 11 nitrogen and oxygen atoms in total. The molecule has 0 radical (unpaired) electrons. The van der Waals surface area contributed by atoms with Gasteiger partial charge in [-0.2, -0.15) is 8.42 Å². The summed E-state index contributed by atoms with van der Waals surface area (Å²) in [5, 5.41) is 2.98. The normalized spacial score (nSPS) is 18.2. The minimum atomic E-state index is -3.79. The number of nitrogens with zero attached hydrogens (tertiary/aromatic N) is 2. The van der Waals surface area contributed by atoms with Crippen molar-refractivity contribution in [2.24, 2.45) is 0 Å². The highest BCUT2D eigenvalue weighted by molar-refractivity contribution is 7.86. The number of carbonyl (C=O) groups is 1. The molecule has 4 rings (SSSR count). The predicted octanol–water partition coefficient (Wildman–Crippen LogP) is 2.58. The molecule has 2 aromatic rings. The summed E-state index contributed by atoms with van der Waals surface area (Å²) in [4.78, 5) is 16.9. The van der Waals surface area contributed by atoms with Crippen LogP contribution >= 0.6 is 0 Å². The molecule has 2 atom stereocenters. The Morgan fingerprint density at radius 3 is 2.12 bits per heavy atom. The molecule has 0 spiro atoms. The van der Waals surface area contributed by atoms with Crippen molar-refractivity contribution in [3.63, 3.8) is 0 Å². The zero-order valence-electron chi connectivity index (χ0n) is 24.0. The number of carbonyl (C=O) groups excluding carboxylic acids is 1. The summed E-state index contributed by atoms with van der Waals surface area (Å²) in [7, 11) is 4.58. The van der Waals surface area contributed by atoms with Crippen molar-refractivity contribution in [3.05, 3.63) is 46.5 Å².